The molecule has 2 N–H and O–H groups in total. The number of amides is 2. The van der Waals surface area contributed by atoms with E-state index in [1.54, 1.807) is 24.4 Å². The summed E-state index contributed by atoms with van der Waals surface area (Å²) < 4.78 is 0. The lowest BCUT2D eigenvalue weighted by atomic mass is 10.2. The fourth-order valence-corrected chi connectivity index (χ4v) is 2.03. The number of carbonyl (C=O) groups is 2. The Morgan fingerprint density at radius 2 is 2.14 bits per heavy atom. The lowest BCUT2D eigenvalue weighted by molar-refractivity contribution is -0.137. The SMILES string of the molecule is CN(CCC(=O)O)C(=O)Nc1ccc(Cl)c2cccnc12. The van der Waals surface area contributed by atoms with Gasteiger partial charge in [0.15, 0.2) is 0 Å². The van der Waals surface area contributed by atoms with Crippen LogP contribution in [0.4, 0.5) is 10.5 Å². The maximum absolute atomic E-state index is 12.0. The molecule has 0 saturated carbocycles. The Morgan fingerprint density at radius 3 is 2.86 bits per heavy atom. The van der Waals surface area contributed by atoms with E-state index in [2.05, 4.69) is 10.3 Å². The van der Waals surface area contributed by atoms with Crippen molar-refractivity contribution >= 4 is 40.2 Å². The first kappa shape index (κ1) is 15.1. The predicted octanol–water partition coefficient (Wildman–Crippen LogP) is 2.83. The van der Waals surface area contributed by atoms with Crippen LogP contribution in [-0.2, 0) is 4.79 Å². The maximum Gasteiger partial charge on any atom is 0.321 e. The zero-order chi connectivity index (χ0) is 15.4. The normalized spacial score (nSPS) is 10.4. The molecule has 0 fully saturated rings. The van der Waals surface area contributed by atoms with Crippen LogP contribution in [0.2, 0.25) is 5.02 Å². The predicted molar refractivity (Wildman–Crippen MR) is 80.7 cm³/mol. The summed E-state index contributed by atoms with van der Waals surface area (Å²) in [5.74, 6) is -0.951. The van der Waals surface area contributed by atoms with Gasteiger partial charge in [-0.25, -0.2) is 4.79 Å². The van der Waals surface area contributed by atoms with Crippen LogP contribution in [0, 0.1) is 0 Å². The zero-order valence-electron chi connectivity index (χ0n) is 11.3. The second kappa shape index (κ2) is 6.41. The van der Waals surface area contributed by atoms with Gasteiger partial charge in [0.2, 0.25) is 0 Å². The molecule has 0 atom stereocenters. The minimum Gasteiger partial charge on any atom is -0.481 e. The molecule has 7 heteroatoms. The number of aliphatic carboxylic acids is 1. The van der Waals surface area contributed by atoms with Crippen LogP contribution in [-0.4, -0.2) is 40.6 Å². The number of fused-ring (bicyclic) bond motifs is 1. The molecule has 1 heterocycles. The van der Waals surface area contributed by atoms with Crippen LogP contribution in [0.15, 0.2) is 30.5 Å². The Kier molecular flexibility index (Phi) is 4.59. The van der Waals surface area contributed by atoms with Crippen molar-refractivity contribution in [1.82, 2.24) is 9.88 Å². The molecule has 2 rings (SSSR count). The van der Waals surface area contributed by atoms with Crippen LogP contribution < -0.4 is 5.32 Å². The second-order valence-electron chi connectivity index (χ2n) is 4.49. The highest BCUT2D eigenvalue weighted by Crippen LogP contribution is 2.28. The summed E-state index contributed by atoms with van der Waals surface area (Å²) in [7, 11) is 1.53. The van der Waals surface area contributed by atoms with Crippen molar-refractivity contribution in [3.8, 4) is 0 Å². The Morgan fingerprint density at radius 1 is 1.38 bits per heavy atom. The van der Waals surface area contributed by atoms with Gasteiger partial charge >= 0.3 is 12.0 Å². The minimum absolute atomic E-state index is 0.108. The van der Waals surface area contributed by atoms with Gasteiger partial charge in [-0.1, -0.05) is 11.6 Å². The molecular formula is C14H14ClN3O3. The lowest BCUT2D eigenvalue weighted by Gasteiger charge is -2.17. The molecule has 2 amide bonds. The minimum atomic E-state index is -0.951. The molecule has 0 aliphatic rings. The summed E-state index contributed by atoms with van der Waals surface area (Å²) in [6.45, 7) is 0.125. The van der Waals surface area contributed by atoms with E-state index in [1.807, 2.05) is 6.07 Å². The lowest BCUT2D eigenvalue weighted by Crippen LogP contribution is -2.33. The third-order valence-corrected chi connectivity index (χ3v) is 3.30. The summed E-state index contributed by atoms with van der Waals surface area (Å²) in [5.41, 5.74) is 1.12. The first-order chi connectivity index (χ1) is 9.99. The van der Waals surface area contributed by atoms with Crippen molar-refractivity contribution in [2.24, 2.45) is 0 Å². The Balaban J connectivity index is 2.18. The average molecular weight is 308 g/mol. The fourth-order valence-electron chi connectivity index (χ4n) is 1.81. The number of rotatable bonds is 4. The maximum atomic E-state index is 12.0. The van der Waals surface area contributed by atoms with Crippen molar-refractivity contribution in [3.05, 3.63) is 35.5 Å². The van der Waals surface area contributed by atoms with E-state index in [1.165, 1.54) is 11.9 Å². The quantitative estimate of drug-likeness (QED) is 0.910. The highest BCUT2D eigenvalue weighted by Gasteiger charge is 2.13. The van der Waals surface area contributed by atoms with Crippen molar-refractivity contribution in [3.63, 3.8) is 0 Å². The molecule has 110 valence electrons. The van der Waals surface area contributed by atoms with Crippen LogP contribution in [0.5, 0.6) is 0 Å². The molecule has 0 saturated heterocycles. The first-order valence-corrected chi connectivity index (χ1v) is 6.64. The van der Waals surface area contributed by atoms with Crippen LogP contribution >= 0.6 is 11.6 Å². The van der Waals surface area contributed by atoms with Gasteiger partial charge in [0, 0.05) is 25.2 Å². The molecule has 0 spiro atoms. The molecule has 21 heavy (non-hydrogen) atoms. The van der Waals surface area contributed by atoms with E-state index < -0.39 is 12.0 Å². The number of carboxylic acid groups (broad SMARTS) is 1. The summed E-state index contributed by atoms with van der Waals surface area (Å²) in [5, 5.41) is 12.6. The van der Waals surface area contributed by atoms with E-state index in [9.17, 15) is 9.59 Å². The number of carboxylic acids is 1. The van der Waals surface area contributed by atoms with Gasteiger partial charge in [-0.2, -0.15) is 0 Å². The van der Waals surface area contributed by atoms with Crippen molar-refractivity contribution in [1.29, 1.82) is 0 Å². The van der Waals surface area contributed by atoms with Crippen molar-refractivity contribution in [2.75, 3.05) is 18.9 Å². The molecule has 0 unspecified atom stereocenters. The molecule has 0 radical (unpaired) electrons. The first-order valence-electron chi connectivity index (χ1n) is 6.26. The van der Waals surface area contributed by atoms with E-state index in [4.69, 9.17) is 16.7 Å². The van der Waals surface area contributed by atoms with E-state index in [0.717, 1.165) is 5.39 Å². The van der Waals surface area contributed by atoms with Crippen LogP contribution in [0.3, 0.4) is 0 Å². The fraction of sp³-hybridized carbons (Fsp3) is 0.214. The largest absolute Gasteiger partial charge is 0.481 e. The number of benzene rings is 1. The van der Waals surface area contributed by atoms with Gasteiger partial charge < -0.3 is 15.3 Å². The smallest absolute Gasteiger partial charge is 0.321 e. The number of nitrogens with zero attached hydrogens (tertiary/aromatic N) is 2. The third kappa shape index (κ3) is 3.61. The highest BCUT2D eigenvalue weighted by molar-refractivity contribution is 6.35. The number of aromatic nitrogens is 1. The van der Waals surface area contributed by atoms with Gasteiger partial charge in [0.1, 0.15) is 0 Å². The van der Waals surface area contributed by atoms with Crippen LogP contribution in [0.1, 0.15) is 6.42 Å². The van der Waals surface area contributed by atoms with Gasteiger partial charge in [0.05, 0.1) is 22.6 Å². The number of hydrogen-bond donors (Lipinski definition) is 2. The number of carbonyl (C=O) groups excluding carboxylic acids is 1. The number of halogens is 1. The average Bonchev–Trinajstić information content (AvgIpc) is 2.47. The van der Waals surface area contributed by atoms with E-state index >= 15 is 0 Å². The van der Waals surface area contributed by atoms with E-state index in [0.29, 0.717) is 16.2 Å². The topological polar surface area (TPSA) is 82.5 Å². The molecule has 2 aromatic rings. The monoisotopic (exact) mass is 307 g/mol. The number of hydrogen-bond acceptors (Lipinski definition) is 3. The molecule has 0 bridgehead atoms. The Hall–Kier alpha value is -2.34. The molecule has 6 nitrogen and oxygen atoms in total. The van der Waals surface area contributed by atoms with Gasteiger partial charge in [-0.05, 0) is 24.3 Å². The third-order valence-electron chi connectivity index (χ3n) is 2.97. The summed E-state index contributed by atoms with van der Waals surface area (Å²) in [6.07, 6.45) is 1.51. The standard InChI is InChI=1S/C14H14ClN3O3/c1-18(8-6-12(19)20)14(21)17-11-5-4-10(15)9-3-2-7-16-13(9)11/h2-5,7H,6,8H2,1H3,(H,17,21)(H,19,20). The molecular weight excluding hydrogens is 294 g/mol. The van der Waals surface area contributed by atoms with E-state index in [-0.39, 0.29) is 13.0 Å². The summed E-state index contributed by atoms with van der Waals surface area (Å²) >= 11 is 6.08. The number of urea groups is 1. The second-order valence-corrected chi connectivity index (χ2v) is 4.90. The zero-order valence-corrected chi connectivity index (χ0v) is 12.1. The molecule has 1 aromatic carbocycles. The summed E-state index contributed by atoms with van der Waals surface area (Å²) in [6, 6.07) is 6.53. The highest BCUT2D eigenvalue weighted by atomic mass is 35.5. The molecule has 1 aromatic heterocycles. The number of nitrogens with one attached hydrogen (secondary N) is 1. The van der Waals surface area contributed by atoms with Gasteiger partial charge in [-0.3, -0.25) is 9.78 Å². The number of pyridine rings is 1. The van der Waals surface area contributed by atoms with Gasteiger partial charge in [-0.15, -0.1) is 0 Å². The molecule has 0 aliphatic heterocycles. The molecule has 0 aliphatic carbocycles. The Labute approximate surface area is 126 Å². The number of anilines is 1. The summed E-state index contributed by atoms with van der Waals surface area (Å²) in [4.78, 5) is 28.0. The van der Waals surface area contributed by atoms with Crippen LogP contribution in [0.25, 0.3) is 10.9 Å². The van der Waals surface area contributed by atoms with Crippen molar-refractivity contribution in [2.45, 2.75) is 6.42 Å². The van der Waals surface area contributed by atoms with Crippen molar-refractivity contribution < 1.29 is 14.7 Å². The Bertz CT molecular complexity index is 690. The van der Waals surface area contributed by atoms with Gasteiger partial charge in [0.25, 0.3) is 0 Å².